The van der Waals surface area contributed by atoms with Crippen LogP contribution in [0.15, 0.2) is 33.5 Å². The van der Waals surface area contributed by atoms with Crippen molar-refractivity contribution in [3.8, 4) is 11.5 Å². The van der Waals surface area contributed by atoms with Gasteiger partial charge < -0.3 is 4.42 Å². The number of rotatable bonds is 0. The fraction of sp³-hybridized carbons (Fsp3) is 0.400. The van der Waals surface area contributed by atoms with E-state index in [1.165, 1.54) is 17.7 Å². The molecule has 3 rings (SSSR count). The minimum absolute atomic E-state index is 0.00645. The van der Waals surface area contributed by atoms with Gasteiger partial charge in [0.2, 0.25) is 0 Å². The third kappa shape index (κ3) is 2.93. The summed E-state index contributed by atoms with van der Waals surface area (Å²) < 4.78 is 6.09. The summed E-state index contributed by atoms with van der Waals surface area (Å²) in [5.74, 6) is 0.425. The van der Waals surface area contributed by atoms with Crippen molar-refractivity contribution >= 4 is 22.7 Å². The third-order valence-corrected chi connectivity index (χ3v) is 4.48. The quantitative estimate of drug-likeness (QED) is 0.503. The van der Waals surface area contributed by atoms with Crippen LogP contribution >= 0.6 is 11.6 Å². The van der Waals surface area contributed by atoms with Crippen LogP contribution in [-0.2, 0) is 10.8 Å². The number of benzene rings is 2. The number of fused-ring (bicyclic) bond motifs is 2. The number of aromatic nitrogens is 1. The smallest absolute Gasteiger partial charge is 0.184 e. The average molecular weight is 344 g/mol. The Morgan fingerprint density at radius 2 is 1.62 bits per heavy atom. The molecule has 3 nitrogen and oxygen atoms in total. The number of nitrogens with zero attached hydrogens (tertiary/aromatic N) is 1. The molecule has 0 radical (unpaired) electrons. The Kier molecular flexibility index (Phi) is 3.76. The van der Waals surface area contributed by atoms with E-state index < -0.39 is 0 Å². The van der Waals surface area contributed by atoms with E-state index in [9.17, 15) is 4.79 Å². The van der Waals surface area contributed by atoms with E-state index in [1.807, 2.05) is 0 Å². The second-order valence-electron chi connectivity index (χ2n) is 8.34. The van der Waals surface area contributed by atoms with Gasteiger partial charge in [-0.25, -0.2) is 4.98 Å². The van der Waals surface area contributed by atoms with Gasteiger partial charge in [-0.1, -0.05) is 59.2 Å². The third-order valence-electron chi connectivity index (χ3n) is 4.19. The van der Waals surface area contributed by atoms with E-state index in [4.69, 9.17) is 21.0 Å². The van der Waals surface area contributed by atoms with E-state index >= 15 is 0 Å². The molecule has 2 aliphatic rings. The zero-order valence-electron chi connectivity index (χ0n) is 15.0. The van der Waals surface area contributed by atoms with Crippen LogP contribution in [0.3, 0.4) is 0 Å². The first-order chi connectivity index (χ1) is 11.0. The molecule has 0 aromatic heterocycles. The Morgan fingerprint density at radius 3 is 2.21 bits per heavy atom. The van der Waals surface area contributed by atoms with Gasteiger partial charge in [-0.3, -0.25) is 4.79 Å². The van der Waals surface area contributed by atoms with Crippen molar-refractivity contribution in [3.05, 3.63) is 50.6 Å². The van der Waals surface area contributed by atoms with Crippen LogP contribution in [-0.4, -0.2) is 4.98 Å². The van der Waals surface area contributed by atoms with E-state index in [0.717, 1.165) is 11.1 Å². The molecular weight excluding hydrogens is 322 g/mol. The minimum atomic E-state index is -0.180. The lowest BCUT2D eigenvalue weighted by Crippen LogP contribution is -2.17. The van der Waals surface area contributed by atoms with E-state index in [-0.39, 0.29) is 16.3 Å². The maximum absolute atomic E-state index is 11.7. The molecule has 4 heteroatoms. The number of halogens is 1. The number of hydrogen-bond acceptors (Lipinski definition) is 3. The highest BCUT2D eigenvalue weighted by atomic mass is 35.5. The van der Waals surface area contributed by atoms with Crippen molar-refractivity contribution in [2.45, 2.75) is 52.4 Å². The van der Waals surface area contributed by atoms with Crippen molar-refractivity contribution in [3.63, 3.8) is 0 Å². The standard InChI is InChI=1S/C20H22ClNO2/c1-19(2,3)11-7-13(20(4,5)6)18-15(8-11)22-17-14(21)9-12(23)10-16(17)24-18/h7-10H,1-6H3. The molecule has 0 amide bonds. The van der Waals surface area contributed by atoms with Crippen LogP contribution in [0.25, 0.3) is 22.6 Å². The summed E-state index contributed by atoms with van der Waals surface area (Å²) in [4.78, 5) is 16.4. The molecule has 0 atom stereocenters. The zero-order chi connectivity index (χ0) is 17.9. The van der Waals surface area contributed by atoms with Crippen LogP contribution < -0.4 is 5.43 Å². The molecule has 0 bridgehead atoms. The van der Waals surface area contributed by atoms with E-state index in [0.29, 0.717) is 22.1 Å². The first-order valence-corrected chi connectivity index (χ1v) is 8.44. The Bertz CT molecular complexity index is 958. The molecule has 0 N–H and O–H groups in total. The van der Waals surface area contributed by atoms with Gasteiger partial charge in [-0.2, -0.15) is 0 Å². The van der Waals surface area contributed by atoms with E-state index in [2.05, 4.69) is 53.7 Å². The highest BCUT2D eigenvalue weighted by Crippen LogP contribution is 2.38. The fourth-order valence-corrected chi connectivity index (χ4v) is 3.00. The normalized spacial score (nSPS) is 13.0. The summed E-state index contributed by atoms with van der Waals surface area (Å²) in [7, 11) is 0. The molecule has 0 unspecified atom stereocenters. The lowest BCUT2D eigenvalue weighted by atomic mass is 9.80. The fourth-order valence-electron chi connectivity index (χ4n) is 2.76. The average Bonchev–Trinajstić information content (AvgIpc) is 2.42. The Balaban J connectivity index is 2.49. The summed E-state index contributed by atoms with van der Waals surface area (Å²) in [5, 5.41) is 0.321. The van der Waals surface area contributed by atoms with Gasteiger partial charge in [0.25, 0.3) is 0 Å². The second kappa shape index (κ2) is 5.32. The maximum Gasteiger partial charge on any atom is 0.184 e. The lowest BCUT2D eigenvalue weighted by Gasteiger charge is -2.26. The molecular formula is C20H22ClNO2. The molecule has 1 aliphatic carbocycles. The molecule has 0 saturated heterocycles. The largest absolute Gasteiger partial charge is 0.452 e. The molecule has 0 spiro atoms. The summed E-state index contributed by atoms with van der Waals surface area (Å²) in [6.45, 7) is 13.0. The molecule has 0 saturated carbocycles. The van der Waals surface area contributed by atoms with Crippen molar-refractivity contribution in [2.75, 3.05) is 0 Å². The highest BCUT2D eigenvalue weighted by molar-refractivity contribution is 6.33. The van der Waals surface area contributed by atoms with Crippen LogP contribution in [0.5, 0.6) is 0 Å². The molecule has 1 aromatic carbocycles. The minimum Gasteiger partial charge on any atom is -0.452 e. The topological polar surface area (TPSA) is 43.1 Å². The SMILES string of the molecule is CC(C)(C)c1cc(C(C)(C)C)c2oc3cc(=O)cc(Cl)c-3nc2c1. The predicted molar refractivity (Wildman–Crippen MR) is 99.3 cm³/mol. The van der Waals surface area contributed by atoms with Gasteiger partial charge in [0.1, 0.15) is 11.2 Å². The van der Waals surface area contributed by atoms with Gasteiger partial charge >= 0.3 is 0 Å². The lowest BCUT2D eigenvalue weighted by molar-refractivity contribution is 0.546. The van der Waals surface area contributed by atoms with Gasteiger partial charge in [0.05, 0.1) is 5.02 Å². The zero-order valence-corrected chi connectivity index (χ0v) is 15.7. The molecule has 1 aliphatic heterocycles. The Hall–Kier alpha value is -1.87. The maximum atomic E-state index is 11.7. The van der Waals surface area contributed by atoms with Gasteiger partial charge in [-0.15, -0.1) is 0 Å². The van der Waals surface area contributed by atoms with Crippen LogP contribution in [0.1, 0.15) is 52.7 Å². The Labute approximate surface area is 147 Å². The molecule has 126 valence electrons. The number of hydrogen-bond donors (Lipinski definition) is 0. The Morgan fingerprint density at radius 1 is 0.958 bits per heavy atom. The molecule has 0 fully saturated rings. The summed E-state index contributed by atoms with van der Waals surface area (Å²) in [6.07, 6.45) is 0. The second-order valence-corrected chi connectivity index (χ2v) is 8.74. The van der Waals surface area contributed by atoms with Crippen molar-refractivity contribution in [1.29, 1.82) is 0 Å². The van der Waals surface area contributed by atoms with Crippen molar-refractivity contribution < 1.29 is 4.42 Å². The first kappa shape index (κ1) is 17.0. The van der Waals surface area contributed by atoms with E-state index in [1.54, 1.807) is 0 Å². The van der Waals surface area contributed by atoms with Gasteiger partial charge in [0.15, 0.2) is 16.8 Å². The van der Waals surface area contributed by atoms with Crippen LogP contribution in [0.2, 0.25) is 5.02 Å². The van der Waals surface area contributed by atoms with Gasteiger partial charge in [0, 0.05) is 17.7 Å². The van der Waals surface area contributed by atoms with Crippen LogP contribution in [0, 0.1) is 0 Å². The highest BCUT2D eigenvalue weighted by Gasteiger charge is 2.25. The van der Waals surface area contributed by atoms with Crippen molar-refractivity contribution in [1.82, 2.24) is 4.98 Å². The predicted octanol–water partition coefficient (Wildman–Crippen LogP) is 5.54. The summed E-state index contributed by atoms with van der Waals surface area (Å²) >= 11 is 6.20. The summed E-state index contributed by atoms with van der Waals surface area (Å²) in [5.41, 5.74) is 3.97. The molecule has 1 heterocycles. The van der Waals surface area contributed by atoms with Crippen LogP contribution in [0.4, 0.5) is 0 Å². The summed E-state index contributed by atoms with van der Waals surface area (Å²) in [6, 6.07) is 7.05. The van der Waals surface area contributed by atoms with Gasteiger partial charge in [-0.05, 0) is 22.5 Å². The monoisotopic (exact) mass is 343 g/mol. The molecule has 24 heavy (non-hydrogen) atoms. The van der Waals surface area contributed by atoms with Crippen molar-refractivity contribution in [2.24, 2.45) is 0 Å². The molecule has 1 aromatic rings. The first-order valence-electron chi connectivity index (χ1n) is 8.06.